The van der Waals surface area contributed by atoms with Crippen molar-refractivity contribution in [2.45, 2.75) is 44.9 Å². The maximum Gasteiger partial charge on any atom is 0.251 e. The standard InChI is InChI=1S/C31H39ClN4O5S/c1-3-34-26-16-24(17-27(19-26)36-11-7-8-12-42(36,39)40)31(38)35-29(15-22-9-5-4-6-10-22)30(37)21-33-20-23-13-25(32)18-28(14-23)41-2/h4-6,9-10,13-14,16-19,29-30,33-34,37H,3,7-8,11-12,15,20-21H2,1-2H3,(H,35,38)/t29-,30+/m0/s1. The van der Waals surface area contributed by atoms with Gasteiger partial charge >= 0.3 is 0 Å². The molecule has 0 aliphatic carbocycles. The van der Waals surface area contributed by atoms with E-state index in [0.717, 1.165) is 17.5 Å². The summed E-state index contributed by atoms with van der Waals surface area (Å²) >= 11 is 6.19. The second-order valence-electron chi connectivity index (χ2n) is 10.4. The second kappa shape index (κ2) is 14.7. The van der Waals surface area contributed by atoms with Crippen molar-refractivity contribution in [3.63, 3.8) is 0 Å². The lowest BCUT2D eigenvalue weighted by molar-refractivity contribution is 0.0830. The van der Waals surface area contributed by atoms with E-state index in [2.05, 4.69) is 16.0 Å². The van der Waals surface area contributed by atoms with Crippen LogP contribution in [0.2, 0.25) is 5.02 Å². The lowest BCUT2D eigenvalue weighted by atomic mass is 10.00. The van der Waals surface area contributed by atoms with E-state index in [0.29, 0.717) is 60.2 Å². The fourth-order valence-electron chi connectivity index (χ4n) is 5.02. The third-order valence-electron chi connectivity index (χ3n) is 7.13. The van der Waals surface area contributed by atoms with E-state index in [1.807, 2.05) is 49.4 Å². The van der Waals surface area contributed by atoms with E-state index in [4.69, 9.17) is 16.3 Å². The summed E-state index contributed by atoms with van der Waals surface area (Å²) in [5, 5.41) is 21.3. The molecule has 1 aliphatic rings. The van der Waals surface area contributed by atoms with Crippen molar-refractivity contribution >= 4 is 38.9 Å². The van der Waals surface area contributed by atoms with Crippen molar-refractivity contribution in [3.05, 3.63) is 88.4 Å². The predicted octanol–water partition coefficient (Wildman–Crippen LogP) is 4.20. The van der Waals surface area contributed by atoms with E-state index in [9.17, 15) is 18.3 Å². The average Bonchev–Trinajstić information content (AvgIpc) is 2.96. The summed E-state index contributed by atoms with van der Waals surface area (Å²) in [5.41, 5.74) is 3.28. The van der Waals surface area contributed by atoms with Gasteiger partial charge in [0.05, 0.1) is 30.7 Å². The molecule has 0 saturated carbocycles. The molecule has 2 atom stereocenters. The molecule has 1 saturated heterocycles. The van der Waals surface area contributed by atoms with E-state index >= 15 is 0 Å². The molecule has 4 N–H and O–H groups in total. The Kier molecular flexibility index (Phi) is 11.1. The number of aliphatic hydroxyl groups excluding tert-OH is 1. The molecule has 0 unspecified atom stereocenters. The highest BCUT2D eigenvalue weighted by Gasteiger charge is 2.28. The number of carbonyl (C=O) groups is 1. The predicted molar refractivity (Wildman–Crippen MR) is 168 cm³/mol. The molecule has 3 aromatic rings. The summed E-state index contributed by atoms with van der Waals surface area (Å²) in [4.78, 5) is 13.6. The third kappa shape index (κ3) is 8.61. The maximum absolute atomic E-state index is 13.6. The van der Waals surface area contributed by atoms with Crippen LogP contribution >= 0.6 is 11.6 Å². The molecule has 42 heavy (non-hydrogen) atoms. The summed E-state index contributed by atoms with van der Waals surface area (Å²) in [6.07, 6.45) is 0.860. The van der Waals surface area contributed by atoms with Crippen molar-refractivity contribution in [1.82, 2.24) is 10.6 Å². The van der Waals surface area contributed by atoms with Gasteiger partial charge in [0.1, 0.15) is 5.75 Å². The van der Waals surface area contributed by atoms with Crippen molar-refractivity contribution in [1.29, 1.82) is 0 Å². The Hall–Kier alpha value is -3.31. The number of anilines is 2. The van der Waals surface area contributed by atoms with Crippen LogP contribution in [0.1, 0.15) is 41.3 Å². The second-order valence-corrected chi connectivity index (χ2v) is 12.8. The van der Waals surface area contributed by atoms with Gasteiger partial charge in [-0.25, -0.2) is 8.42 Å². The number of ether oxygens (including phenoxy) is 1. The van der Waals surface area contributed by atoms with Gasteiger partial charge in [-0.3, -0.25) is 9.10 Å². The number of amides is 1. The first-order chi connectivity index (χ1) is 20.2. The van der Waals surface area contributed by atoms with Crippen LogP contribution in [0.4, 0.5) is 11.4 Å². The van der Waals surface area contributed by atoms with Gasteiger partial charge in [-0.05, 0) is 73.7 Å². The topological polar surface area (TPSA) is 120 Å². The van der Waals surface area contributed by atoms with Crippen LogP contribution < -0.4 is 25.0 Å². The first kappa shape index (κ1) is 31.6. The summed E-state index contributed by atoms with van der Waals surface area (Å²) in [5.74, 6) is 0.329. The van der Waals surface area contributed by atoms with Crippen molar-refractivity contribution in [2.24, 2.45) is 0 Å². The van der Waals surface area contributed by atoms with Gasteiger partial charge in [-0.15, -0.1) is 0 Å². The Balaban J connectivity index is 1.53. The number of rotatable bonds is 13. The number of methoxy groups -OCH3 is 1. The molecule has 0 spiro atoms. The number of nitrogens with one attached hydrogen (secondary N) is 3. The molecule has 11 heteroatoms. The van der Waals surface area contributed by atoms with Crippen molar-refractivity contribution in [3.8, 4) is 5.75 Å². The van der Waals surface area contributed by atoms with Crippen molar-refractivity contribution in [2.75, 3.05) is 42.1 Å². The van der Waals surface area contributed by atoms with E-state index < -0.39 is 28.1 Å². The van der Waals surface area contributed by atoms with Gasteiger partial charge in [-0.1, -0.05) is 41.9 Å². The largest absolute Gasteiger partial charge is 0.497 e. The molecule has 226 valence electrons. The van der Waals surface area contributed by atoms with Gasteiger partial charge in [0.2, 0.25) is 10.0 Å². The number of hydrogen-bond donors (Lipinski definition) is 4. The molecule has 1 heterocycles. The first-order valence-corrected chi connectivity index (χ1v) is 16.1. The van der Waals surface area contributed by atoms with Gasteiger partial charge in [0.25, 0.3) is 5.91 Å². The summed E-state index contributed by atoms with van der Waals surface area (Å²) in [6, 6.07) is 19.5. The molecule has 0 radical (unpaired) electrons. The van der Waals surface area contributed by atoms with Crippen LogP contribution in [0, 0.1) is 0 Å². The monoisotopic (exact) mass is 614 g/mol. The van der Waals surface area contributed by atoms with Gasteiger partial charge < -0.3 is 25.8 Å². The highest BCUT2D eigenvalue weighted by molar-refractivity contribution is 7.92. The van der Waals surface area contributed by atoms with Crippen LogP contribution in [0.5, 0.6) is 5.75 Å². The van der Waals surface area contributed by atoms with Crippen LogP contribution in [0.3, 0.4) is 0 Å². The van der Waals surface area contributed by atoms with E-state index in [1.54, 1.807) is 31.4 Å². The van der Waals surface area contributed by atoms with Gasteiger partial charge in [0.15, 0.2) is 0 Å². The highest BCUT2D eigenvalue weighted by Crippen LogP contribution is 2.28. The first-order valence-electron chi connectivity index (χ1n) is 14.1. The molecule has 1 aliphatic heterocycles. The van der Waals surface area contributed by atoms with Crippen LogP contribution in [-0.2, 0) is 23.0 Å². The van der Waals surface area contributed by atoms with Gasteiger partial charge in [0, 0.05) is 42.5 Å². The molecule has 0 bridgehead atoms. The minimum atomic E-state index is -3.46. The third-order valence-corrected chi connectivity index (χ3v) is 9.21. The number of halogens is 1. The smallest absolute Gasteiger partial charge is 0.251 e. The average molecular weight is 615 g/mol. The lowest BCUT2D eigenvalue weighted by Gasteiger charge is -2.29. The van der Waals surface area contributed by atoms with Crippen LogP contribution in [0.25, 0.3) is 0 Å². The molecule has 9 nitrogen and oxygen atoms in total. The zero-order chi connectivity index (χ0) is 30.1. The Morgan fingerprint density at radius 2 is 1.86 bits per heavy atom. The fourth-order valence-corrected chi connectivity index (χ4v) is 6.89. The number of nitrogens with zero attached hydrogens (tertiary/aromatic N) is 1. The lowest BCUT2D eigenvalue weighted by Crippen LogP contribution is -2.48. The molecular weight excluding hydrogens is 576 g/mol. The molecule has 0 aromatic heterocycles. The Bertz CT molecular complexity index is 1450. The maximum atomic E-state index is 13.6. The number of benzene rings is 3. The van der Waals surface area contributed by atoms with E-state index in [-0.39, 0.29) is 12.3 Å². The van der Waals surface area contributed by atoms with Gasteiger partial charge in [-0.2, -0.15) is 0 Å². The summed E-state index contributed by atoms with van der Waals surface area (Å²) in [6.45, 7) is 3.57. The molecule has 1 fully saturated rings. The normalized spacial score (nSPS) is 16.0. The summed E-state index contributed by atoms with van der Waals surface area (Å²) < 4.78 is 32.3. The quantitative estimate of drug-likeness (QED) is 0.228. The molecule has 4 rings (SSSR count). The molecule has 1 amide bonds. The van der Waals surface area contributed by atoms with Crippen LogP contribution in [0.15, 0.2) is 66.7 Å². The minimum absolute atomic E-state index is 0.0836. The fraction of sp³-hybridized carbons (Fsp3) is 0.387. The number of aliphatic hydroxyl groups is 1. The summed E-state index contributed by atoms with van der Waals surface area (Å²) in [7, 11) is -1.88. The minimum Gasteiger partial charge on any atom is -0.497 e. The Labute approximate surface area is 253 Å². The number of sulfonamides is 1. The zero-order valence-electron chi connectivity index (χ0n) is 24.0. The molecular formula is C31H39ClN4O5S. The zero-order valence-corrected chi connectivity index (χ0v) is 25.5. The molecule has 3 aromatic carbocycles. The Morgan fingerprint density at radius 1 is 1.07 bits per heavy atom. The highest BCUT2D eigenvalue weighted by atomic mass is 35.5. The number of carbonyl (C=O) groups excluding carboxylic acids is 1. The Morgan fingerprint density at radius 3 is 2.57 bits per heavy atom. The van der Waals surface area contributed by atoms with Crippen molar-refractivity contribution < 1.29 is 23.1 Å². The van der Waals surface area contributed by atoms with E-state index in [1.165, 1.54) is 4.31 Å². The SMILES string of the molecule is CCNc1cc(C(=O)N[C@@H](Cc2ccccc2)[C@H](O)CNCc2cc(Cl)cc(OC)c2)cc(N2CCCCS2(=O)=O)c1. The number of hydrogen-bond acceptors (Lipinski definition) is 7. The van der Waals surface area contributed by atoms with Crippen LogP contribution in [-0.4, -0.2) is 64.1 Å².